The van der Waals surface area contributed by atoms with E-state index in [1.54, 1.807) is 4.90 Å². The molecule has 1 amide bonds. The maximum atomic E-state index is 12.7. The van der Waals surface area contributed by atoms with Gasteiger partial charge in [-0.1, -0.05) is 31.0 Å². The zero-order valence-electron chi connectivity index (χ0n) is 12.5. The normalized spacial score (nSPS) is 17.2. The monoisotopic (exact) mass is 286 g/mol. The summed E-state index contributed by atoms with van der Waals surface area (Å²) in [5.74, 6) is 0.972. The van der Waals surface area contributed by atoms with Crippen molar-refractivity contribution < 1.29 is 9.21 Å². The number of carbonyl (C=O) groups excluding carboxylic acids is 1. The van der Waals surface area contributed by atoms with E-state index >= 15 is 0 Å². The van der Waals surface area contributed by atoms with Crippen LogP contribution in [0.4, 0.5) is 0 Å². The van der Waals surface area contributed by atoms with Crippen LogP contribution >= 0.6 is 0 Å². The van der Waals surface area contributed by atoms with Gasteiger partial charge in [0.05, 0.1) is 12.0 Å². The van der Waals surface area contributed by atoms with Gasteiger partial charge in [0, 0.05) is 19.0 Å². The highest BCUT2D eigenvalue weighted by molar-refractivity contribution is 5.83. The topological polar surface area (TPSA) is 59.5 Å². The molecule has 0 aliphatic heterocycles. The van der Waals surface area contributed by atoms with Gasteiger partial charge >= 0.3 is 0 Å². The van der Waals surface area contributed by atoms with Gasteiger partial charge in [-0.05, 0) is 25.0 Å². The molecule has 3 rings (SSSR count). The number of benzene rings is 1. The van der Waals surface area contributed by atoms with Crippen LogP contribution in [0.1, 0.15) is 31.4 Å². The third-order valence-corrected chi connectivity index (χ3v) is 4.62. The Hall–Kier alpha value is -1.81. The maximum absolute atomic E-state index is 12.7. The van der Waals surface area contributed by atoms with Gasteiger partial charge in [0.15, 0.2) is 0 Å². The van der Waals surface area contributed by atoms with Crippen LogP contribution < -0.4 is 5.73 Å². The second kappa shape index (κ2) is 5.53. The highest BCUT2D eigenvalue weighted by Crippen LogP contribution is 2.38. The fourth-order valence-electron chi connectivity index (χ4n) is 3.38. The average Bonchev–Trinajstić information content (AvgIpc) is 3.13. The molecule has 1 aromatic heterocycles. The van der Waals surface area contributed by atoms with Crippen molar-refractivity contribution in [3.63, 3.8) is 0 Å². The Labute approximate surface area is 124 Å². The van der Waals surface area contributed by atoms with E-state index in [0.717, 1.165) is 42.4 Å². The number of para-hydroxylation sites is 1. The molecule has 112 valence electrons. The van der Waals surface area contributed by atoms with E-state index in [4.69, 9.17) is 10.2 Å². The van der Waals surface area contributed by atoms with Crippen molar-refractivity contribution in [1.82, 2.24) is 4.90 Å². The first-order chi connectivity index (χ1) is 10.1. The number of nitrogens with two attached hydrogens (primary N) is 1. The lowest BCUT2D eigenvalue weighted by Gasteiger charge is -2.30. The Morgan fingerprint density at radius 3 is 2.71 bits per heavy atom. The number of carbonyl (C=O) groups is 1. The molecule has 1 heterocycles. The molecule has 1 fully saturated rings. The van der Waals surface area contributed by atoms with Gasteiger partial charge in [0.2, 0.25) is 5.91 Å². The summed E-state index contributed by atoms with van der Waals surface area (Å²) < 4.78 is 5.79. The fourth-order valence-corrected chi connectivity index (χ4v) is 3.38. The van der Waals surface area contributed by atoms with Crippen molar-refractivity contribution in [3.05, 3.63) is 36.1 Å². The molecule has 1 aliphatic rings. The lowest BCUT2D eigenvalue weighted by Crippen LogP contribution is -2.44. The number of nitrogens with zero attached hydrogens (tertiary/aromatic N) is 1. The molecule has 0 bridgehead atoms. The Morgan fingerprint density at radius 1 is 1.33 bits per heavy atom. The maximum Gasteiger partial charge on any atom is 0.230 e. The van der Waals surface area contributed by atoms with Gasteiger partial charge in [0.1, 0.15) is 11.3 Å². The van der Waals surface area contributed by atoms with Crippen LogP contribution in [0.3, 0.4) is 0 Å². The zero-order valence-corrected chi connectivity index (χ0v) is 12.5. The molecule has 1 aliphatic carbocycles. The predicted molar refractivity (Wildman–Crippen MR) is 82.6 cm³/mol. The summed E-state index contributed by atoms with van der Waals surface area (Å²) >= 11 is 0. The van der Waals surface area contributed by atoms with Crippen LogP contribution in [0, 0.1) is 5.41 Å². The number of rotatable bonds is 4. The zero-order chi connectivity index (χ0) is 14.9. The third kappa shape index (κ3) is 2.56. The Kier molecular flexibility index (Phi) is 3.72. The summed E-state index contributed by atoms with van der Waals surface area (Å²) in [7, 11) is 1.84. The summed E-state index contributed by atoms with van der Waals surface area (Å²) in [5.41, 5.74) is 6.41. The van der Waals surface area contributed by atoms with Crippen LogP contribution in [0.15, 0.2) is 34.7 Å². The molecule has 0 saturated heterocycles. The first-order valence-electron chi connectivity index (χ1n) is 7.58. The lowest BCUT2D eigenvalue weighted by atomic mass is 9.85. The summed E-state index contributed by atoms with van der Waals surface area (Å²) in [6.07, 6.45) is 4.02. The highest BCUT2D eigenvalue weighted by atomic mass is 16.3. The van der Waals surface area contributed by atoms with E-state index in [2.05, 4.69) is 0 Å². The van der Waals surface area contributed by atoms with Crippen molar-refractivity contribution in [3.8, 4) is 0 Å². The molecule has 1 aromatic carbocycles. The molecule has 2 aromatic rings. The first kappa shape index (κ1) is 14.1. The molecule has 4 nitrogen and oxygen atoms in total. The molecule has 1 saturated carbocycles. The smallest absolute Gasteiger partial charge is 0.230 e. The Bertz CT molecular complexity index is 608. The SMILES string of the molecule is CN(Cc1cc2ccccc2o1)C(=O)C1(CN)CCCC1. The molecular formula is C17H22N2O2. The highest BCUT2D eigenvalue weighted by Gasteiger charge is 2.41. The average molecular weight is 286 g/mol. The molecule has 0 atom stereocenters. The molecule has 0 unspecified atom stereocenters. The van der Waals surface area contributed by atoms with E-state index < -0.39 is 0 Å². The van der Waals surface area contributed by atoms with Gasteiger partial charge in [-0.25, -0.2) is 0 Å². The number of furan rings is 1. The third-order valence-electron chi connectivity index (χ3n) is 4.62. The van der Waals surface area contributed by atoms with E-state index in [9.17, 15) is 4.79 Å². The van der Waals surface area contributed by atoms with Crippen LogP contribution in [-0.2, 0) is 11.3 Å². The molecule has 0 spiro atoms. The number of amides is 1. The van der Waals surface area contributed by atoms with E-state index in [1.165, 1.54) is 0 Å². The summed E-state index contributed by atoms with van der Waals surface area (Å²) in [4.78, 5) is 14.5. The quantitative estimate of drug-likeness (QED) is 0.940. The summed E-state index contributed by atoms with van der Waals surface area (Å²) in [6, 6.07) is 9.90. The standard InChI is InChI=1S/C17H22N2O2/c1-19(16(20)17(12-18)8-4-5-9-17)11-14-10-13-6-2-3-7-15(13)21-14/h2-3,6-7,10H,4-5,8-9,11-12,18H2,1H3. The Balaban J connectivity index is 1.76. The van der Waals surface area contributed by atoms with Gasteiger partial charge in [0.25, 0.3) is 0 Å². The minimum Gasteiger partial charge on any atom is -0.459 e. The first-order valence-corrected chi connectivity index (χ1v) is 7.58. The van der Waals surface area contributed by atoms with Crippen molar-refractivity contribution in [2.75, 3.05) is 13.6 Å². The van der Waals surface area contributed by atoms with E-state index in [-0.39, 0.29) is 11.3 Å². The van der Waals surface area contributed by atoms with Crippen LogP contribution in [0.5, 0.6) is 0 Å². The van der Waals surface area contributed by atoms with Crippen LogP contribution in [0.25, 0.3) is 11.0 Å². The molecule has 0 radical (unpaired) electrons. The minimum atomic E-state index is -0.346. The van der Waals surface area contributed by atoms with Crippen LogP contribution in [-0.4, -0.2) is 24.4 Å². The minimum absolute atomic E-state index is 0.156. The van der Waals surface area contributed by atoms with Gasteiger partial charge in [-0.2, -0.15) is 0 Å². The number of hydrogen-bond acceptors (Lipinski definition) is 3. The molecule has 21 heavy (non-hydrogen) atoms. The van der Waals surface area contributed by atoms with E-state index in [0.29, 0.717) is 13.1 Å². The summed E-state index contributed by atoms with van der Waals surface area (Å²) in [5, 5.41) is 1.07. The number of fused-ring (bicyclic) bond motifs is 1. The fraction of sp³-hybridized carbons (Fsp3) is 0.471. The van der Waals surface area contributed by atoms with Crippen molar-refractivity contribution in [2.24, 2.45) is 11.1 Å². The molecule has 4 heteroatoms. The number of hydrogen-bond donors (Lipinski definition) is 1. The van der Waals surface area contributed by atoms with Gasteiger partial charge in [-0.15, -0.1) is 0 Å². The van der Waals surface area contributed by atoms with Gasteiger partial charge < -0.3 is 15.1 Å². The Morgan fingerprint density at radius 2 is 2.05 bits per heavy atom. The molecular weight excluding hydrogens is 264 g/mol. The van der Waals surface area contributed by atoms with E-state index in [1.807, 2.05) is 37.4 Å². The van der Waals surface area contributed by atoms with Crippen LogP contribution in [0.2, 0.25) is 0 Å². The van der Waals surface area contributed by atoms with Crippen molar-refractivity contribution in [1.29, 1.82) is 0 Å². The van der Waals surface area contributed by atoms with Crippen molar-refractivity contribution in [2.45, 2.75) is 32.2 Å². The lowest BCUT2D eigenvalue weighted by molar-refractivity contribution is -0.140. The second-order valence-corrected chi connectivity index (χ2v) is 6.10. The largest absolute Gasteiger partial charge is 0.459 e. The van der Waals surface area contributed by atoms with Crippen molar-refractivity contribution >= 4 is 16.9 Å². The molecule has 2 N–H and O–H groups in total. The van der Waals surface area contributed by atoms with Gasteiger partial charge in [-0.3, -0.25) is 4.79 Å². The summed E-state index contributed by atoms with van der Waals surface area (Å²) in [6.45, 7) is 0.936. The second-order valence-electron chi connectivity index (χ2n) is 6.10. The predicted octanol–water partition coefficient (Wildman–Crippen LogP) is 2.91.